The number of carbonyl (C=O) groups is 1. The normalized spacial score (nSPS) is 19.8. The molecule has 0 spiro atoms. The van der Waals surface area contributed by atoms with Gasteiger partial charge in [-0.3, -0.25) is 9.69 Å². The summed E-state index contributed by atoms with van der Waals surface area (Å²) < 4.78 is 5.49. The van der Waals surface area contributed by atoms with Gasteiger partial charge in [0.1, 0.15) is 0 Å². The van der Waals surface area contributed by atoms with Crippen LogP contribution in [0, 0.1) is 6.92 Å². The predicted octanol–water partition coefficient (Wildman–Crippen LogP) is 1.20. The Hall–Kier alpha value is -1.73. The highest BCUT2D eigenvalue weighted by molar-refractivity contribution is 7.13. The topological polar surface area (TPSA) is 79.5 Å². The minimum atomic E-state index is -0.656. The number of anilines is 1. The lowest BCUT2D eigenvalue weighted by Crippen LogP contribution is -2.25. The molecular formula is C11H11N3O3S. The second-order valence-corrected chi connectivity index (χ2v) is 5.10. The molecule has 0 saturated carbocycles. The summed E-state index contributed by atoms with van der Waals surface area (Å²) in [6.45, 7) is 2.17. The second-order valence-electron chi connectivity index (χ2n) is 4.18. The molecule has 1 saturated heterocycles. The lowest BCUT2D eigenvalue weighted by Gasteiger charge is -2.08. The highest BCUT2D eigenvalue weighted by Gasteiger charge is 2.32. The second kappa shape index (κ2) is 4.18. The summed E-state index contributed by atoms with van der Waals surface area (Å²) in [7, 11) is 0. The number of aliphatic hydroxyl groups is 1. The number of nitrogens with zero attached hydrogens (tertiary/aromatic N) is 3. The number of carbonyl (C=O) groups excluding carboxylic acids is 1. The third-order valence-electron chi connectivity index (χ3n) is 2.81. The van der Waals surface area contributed by atoms with Gasteiger partial charge in [0.2, 0.25) is 5.91 Å². The first-order valence-corrected chi connectivity index (χ1v) is 6.39. The number of hydrogen-bond donors (Lipinski definition) is 1. The van der Waals surface area contributed by atoms with Crippen LogP contribution in [-0.4, -0.2) is 33.9 Å². The Balaban J connectivity index is 1.91. The van der Waals surface area contributed by atoms with Crippen molar-refractivity contribution in [2.45, 2.75) is 19.4 Å². The Kier molecular flexibility index (Phi) is 2.64. The molecule has 94 valence electrons. The molecule has 3 rings (SSSR count). The van der Waals surface area contributed by atoms with Gasteiger partial charge in [0.05, 0.1) is 23.9 Å². The van der Waals surface area contributed by atoms with Crippen LogP contribution in [0.25, 0.3) is 10.8 Å². The first kappa shape index (κ1) is 11.4. The van der Waals surface area contributed by atoms with E-state index in [1.54, 1.807) is 0 Å². The maximum atomic E-state index is 11.6. The van der Waals surface area contributed by atoms with Crippen molar-refractivity contribution in [2.24, 2.45) is 0 Å². The van der Waals surface area contributed by atoms with Gasteiger partial charge >= 0.3 is 6.01 Å². The number of rotatable bonds is 2. The zero-order valence-electron chi connectivity index (χ0n) is 9.66. The van der Waals surface area contributed by atoms with E-state index in [1.807, 2.05) is 18.4 Å². The van der Waals surface area contributed by atoms with Gasteiger partial charge in [-0.1, -0.05) is 5.10 Å². The highest BCUT2D eigenvalue weighted by Crippen LogP contribution is 2.30. The average Bonchev–Trinajstić information content (AvgIpc) is 2.98. The zero-order chi connectivity index (χ0) is 12.7. The molecule has 7 heteroatoms. The van der Waals surface area contributed by atoms with Gasteiger partial charge in [-0.05, 0) is 23.9 Å². The third kappa shape index (κ3) is 1.81. The highest BCUT2D eigenvalue weighted by atomic mass is 32.1. The van der Waals surface area contributed by atoms with E-state index in [0.29, 0.717) is 5.89 Å². The van der Waals surface area contributed by atoms with Gasteiger partial charge in [-0.2, -0.15) is 0 Å². The van der Waals surface area contributed by atoms with Crippen LogP contribution in [0.2, 0.25) is 0 Å². The van der Waals surface area contributed by atoms with E-state index in [4.69, 9.17) is 4.42 Å². The summed E-state index contributed by atoms with van der Waals surface area (Å²) in [5.74, 6) is 0.215. The lowest BCUT2D eigenvalue weighted by atomic mass is 10.3. The van der Waals surface area contributed by atoms with Crippen LogP contribution in [0.3, 0.4) is 0 Å². The molecule has 1 aliphatic heterocycles. The van der Waals surface area contributed by atoms with Crippen molar-refractivity contribution in [2.75, 3.05) is 11.4 Å². The first-order chi connectivity index (χ1) is 8.65. The molecule has 0 bridgehead atoms. The van der Waals surface area contributed by atoms with Crippen LogP contribution in [0.15, 0.2) is 15.9 Å². The Morgan fingerprint density at radius 3 is 3.00 bits per heavy atom. The van der Waals surface area contributed by atoms with Gasteiger partial charge in [-0.25, -0.2) is 0 Å². The van der Waals surface area contributed by atoms with E-state index in [9.17, 15) is 9.90 Å². The number of amides is 1. The van der Waals surface area contributed by atoms with Gasteiger partial charge in [0, 0.05) is 0 Å². The molecule has 1 amide bonds. The van der Waals surface area contributed by atoms with E-state index < -0.39 is 6.10 Å². The SMILES string of the molecule is Cc1ccsc1-c1nnc(N2CC(O)CC2=O)o1. The molecule has 2 aromatic rings. The Morgan fingerprint density at radius 2 is 2.39 bits per heavy atom. The maximum absolute atomic E-state index is 11.6. The fraction of sp³-hybridized carbons (Fsp3) is 0.364. The van der Waals surface area contributed by atoms with Crippen molar-refractivity contribution in [3.8, 4) is 10.8 Å². The predicted molar refractivity (Wildman–Crippen MR) is 65.3 cm³/mol. The zero-order valence-corrected chi connectivity index (χ0v) is 10.5. The van der Waals surface area contributed by atoms with Gasteiger partial charge in [-0.15, -0.1) is 16.4 Å². The van der Waals surface area contributed by atoms with Crippen molar-refractivity contribution in [3.05, 3.63) is 17.0 Å². The third-order valence-corrected chi connectivity index (χ3v) is 3.81. The summed E-state index contributed by atoms with van der Waals surface area (Å²) in [6, 6.07) is 2.12. The summed E-state index contributed by atoms with van der Waals surface area (Å²) in [6.07, 6.45) is -0.549. The Morgan fingerprint density at radius 1 is 1.56 bits per heavy atom. The van der Waals surface area contributed by atoms with Crippen LogP contribution in [-0.2, 0) is 4.79 Å². The summed E-state index contributed by atoms with van der Waals surface area (Å²) in [5.41, 5.74) is 1.06. The van der Waals surface area contributed by atoms with E-state index in [1.165, 1.54) is 16.2 Å². The molecule has 1 atom stereocenters. The smallest absolute Gasteiger partial charge is 0.325 e. The number of β-amino-alcohol motifs (C(OH)–C–C–N with tert-alkyl or cyclic N) is 1. The van der Waals surface area contributed by atoms with Crippen molar-refractivity contribution < 1.29 is 14.3 Å². The van der Waals surface area contributed by atoms with Gasteiger partial charge in [0.15, 0.2) is 0 Å². The Bertz CT molecular complexity index is 592. The molecular weight excluding hydrogens is 254 g/mol. The van der Waals surface area contributed by atoms with Crippen molar-refractivity contribution in [1.29, 1.82) is 0 Å². The molecule has 1 unspecified atom stereocenters. The summed E-state index contributed by atoms with van der Waals surface area (Å²) >= 11 is 1.51. The first-order valence-electron chi connectivity index (χ1n) is 5.51. The summed E-state index contributed by atoms with van der Waals surface area (Å²) in [4.78, 5) is 13.8. The lowest BCUT2D eigenvalue weighted by molar-refractivity contribution is -0.117. The molecule has 2 aromatic heterocycles. The van der Waals surface area contributed by atoms with Gasteiger partial charge < -0.3 is 9.52 Å². The number of aromatic nitrogens is 2. The maximum Gasteiger partial charge on any atom is 0.325 e. The molecule has 0 aromatic carbocycles. The van der Waals surface area contributed by atoms with E-state index in [0.717, 1.165) is 10.4 Å². The number of thiophene rings is 1. The Labute approximate surface area is 107 Å². The molecule has 0 radical (unpaired) electrons. The number of aryl methyl sites for hydroxylation is 1. The molecule has 6 nitrogen and oxygen atoms in total. The van der Waals surface area contributed by atoms with E-state index >= 15 is 0 Å². The molecule has 3 heterocycles. The van der Waals surface area contributed by atoms with E-state index in [-0.39, 0.29) is 24.9 Å². The standard InChI is InChI=1S/C11H11N3O3S/c1-6-2-3-18-9(6)10-12-13-11(17-10)14-5-7(15)4-8(14)16/h2-3,7,15H,4-5H2,1H3. The van der Waals surface area contributed by atoms with Crippen molar-refractivity contribution in [1.82, 2.24) is 10.2 Å². The quantitative estimate of drug-likeness (QED) is 0.882. The minimum absolute atomic E-state index is 0.107. The van der Waals surface area contributed by atoms with Crippen LogP contribution in [0.5, 0.6) is 0 Å². The van der Waals surface area contributed by atoms with Crippen molar-refractivity contribution >= 4 is 23.3 Å². The molecule has 0 aliphatic carbocycles. The average molecular weight is 265 g/mol. The molecule has 1 fully saturated rings. The monoisotopic (exact) mass is 265 g/mol. The summed E-state index contributed by atoms with van der Waals surface area (Å²) in [5, 5.41) is 19.2. The molecule has 1 aliphatic rings. The fourth-order valence-electron chi connectivity index (χ4n) is 1.88. The van der Waals surface area contributed by atoms with Gasteiger partial charge in [0.25, 0.3) is 5.89 Å². The van der Waals surface area contributed by atoms with Crippen LogP contribution < -0.4 is 4.90 Å². The van der Waals surface area contributed by atoms with Crippen LogP contribution >= 0.6 is 11.3 Å². The molecule has 18 heavy (non-hydrogen) atoms. The van der Waals surface area contributed by atoms with E-state index in [2.05, 4.69) is 10.2 Å². The minimum Gasteiger partial charge on any atom is -0.402 e. The van der Waals surface area contributed by atoms with Crippen LogP contribution in [0.4, 0.5) is 6.01 Å². The van der Waals surface area contributed by atoms with Crippen molar-refractivity contribution in [3.63, 3.8) is 0 Å². The molecule has 1 N–H and O–H groups in total. The number of hydrogen-bond acceptors (Lipinski definition) is 6. The fourth-order valence-corrected chi connectivity index (χ4v) is 2.73. The largest absolute Gasteiger partial charge is 0.402 e. The van der Waals surface area contributed by atoms with Crippen LogP contribution in [0.1, 0.15) is 12.0 Å². The number of aliphatic hydroxyl groups excluding tert-OH is 1.